The highest BCUT2D eigenvalue weighted by atomic mass is 16.4. The van der Waals surface area contributed by atoms with Gasteiger partial charge < -0.3 is 20.1 Å². The van der Waals surface area contributed by atoms with Crippen LogP contribution in [0.1, 0.15) is 16.1 Å². The molecule has 0 aliphatic rings. The lowest BCUT2D eigenvalue weighted by Gasteiger charge is -2.15. The number of aromatic carboxylic acids is 1. The van der Waals surface area contributed by atoms with Crippen LogP contribution in [-0.2, 0) is 0 Å². The van der Waals surface area contributed by atoms with E-state index in [2.05, 4.69) is 10.3 Å². The van der Waals surface area contributed by atoms with E-state index in [4.69, 9.17) is 0 Å². The molecule has 0 radical (unpaired) electrons. The predicted octanol–water partition coefficient (Wildman–Crippen LogP) is 2.72. The molecule has 0 saturated carbocycles. The second kappa shape index (κ2) is 6.20. The number of carboxylic acid groups (broad SMARTS) is 1. The van der Waals surface area contributed by atoms with E-state index in [1.807, 2.05) is 56.3 Å². The van der Waals surface area contributed by atoms with Crippen molar-refractivity contribution in [3.05, 3.63) is 59.8 Å². The van der Waals surface area contributed by atoms with Crippen LogP contribution in [0.15, 0.2) is 48.5 Å². The zero-order valence-corrected chi connectivity index (χ0v) is 13.8. The summed E-state index contributed by atoms with van der Waals surface area (Å²) in [6.45, 7) is 1.91. The minimum atomic E-state index is -1.20. The van der Waals surface area contributed by atoms with Gasteiger partial charge >= 0.3 is 0 Å². The third-order valence-electron chi connectivity index (χ3n) is 3.84. The van der Waals surface area contributed by atoms with Crippen molar-refractivity contribution in [2.45, 2.75) is 6.92 Å². The fraction of sp³-hybridized carbons (Fsp3) is 0.158. The quantitative estimate of drug-likeness (QED) is 0.800. The van der Waals surface area contributed by atoms with Crippen molar-refractivity contribution < 1.29 is 9.90 Å². The molecule has 0 saturated heterocycles. The first-order valence-electron chi connectivity index (χ1n) is 7.61. The molecule has 0 aliphatic carbocycles. The zero-order chi connectivity index (χ0) is 17.3. The van der Waals surface area contributed by atoms with E-state index in [0.717, 1.165) is 33.7 Å². The summed E-state index contributed by atoms with van der Waals surface area (Å²) in [4.78, 5) is 17.6. The van der Waals surface area contributed by atoms with Crippen LogP contribution in [0, 0.1) is 6.92 Å². The third kappa shape index (κ3) is 3.15. The van der Waals surface area contributed by atoms with Crippen LogP contribution < -0.4 is 15.3 Å². The smallest absolute Gasteiger partial charge is 0.0726 e. The zero-order valence-electron chi connectivity index (χ0n) is 13.8. The monoisotopic (exact) mass is 320 g/mol. The van der Waals surface area contributed by atoms with Crippen molar-refractivity contribution in [3.8, 4) is 0 Å². The molecule has 3 rings (SSSR count). The maximum atomic E-state index is 11.1. The van der Waals surface area contributed by atoms with Crippen LogP contribution in [0.3, 0.4) is 0 Å². The summed E-state index contributed by atoms with van der Waals surface area (Å²) in [6.07, 6.45) is 0. The average Bonchev–Trinajstić information content (AvgIpc) is 2.54. The maximum absolute atomic E-state index is 11.1. The Kier molecular flexibility index (Phi) is 4.08. The number of rotatable bonds is 4. The summed E-state index contributed by atoms with van der Waals surface area (Å²) in [5.41, 5.74) is 4.59. The van der Waals surface area contributed by atoms with Crippen LogP contribution in [0.25, 0.3) is 10.9 Å². The highest BCUT2D eigenvalue weighted by Gasteiger charge is 2.07. The van der Waals surface area contributed by atoms with Crippen LogP contribution in [-0.4, -0.2) is 25.0 Å². The number of carbonyl (C=O) groups excluding carboxylic acids is 1. The Labute approximate surface area is 140 Å². The van der Waals surface area contributed by atoms with Gasteiger partial charge in [0.05, 0.1) is 11.5 Å². The number of pyridine rings is 1. The number of nitrogens with one attached hydrogen (secondary N) is 1. The molecule has 0 unspecified atom stereocenters. The standard InChI is InChI=1S/C19H19N3O2/c1-12-10-18(21-14-5-7-15(8-6-14)22(2)3)16-11-13(19(23)24)4-9-17(16)20-12/h4-11H,1-3H3,(H,20,21)(H,23,24)/p-1. The number of aromatic nitrogens is 1. The Hall–Kier alpha value is -3.08. The Bertz CT molecular complexity index is 902. The van der Waals surface area contributed by atoms with E-state index in [0.29, 0.717) is 0 Å². The number of carbonyl (C=O) groups is 1. The maximum Gasteiger partial charge on any atom is 0.0726 e. The summed E-state index contributed by atoms with van der Waals surface area (Å²) in [6, 6.07) is 14.7. The van der Waals surface area contributed by atoms with Crippen LogP contribution in [0.4, 0.5) is 17.1 Å². The molecular formula is C19H18N3O2-. The van der Waals surface area contributed by atoms with Gasteiger partial charge in [-0.3, -0.25) is 4.98 Å². The fourth-order valence-electron chi connectivity index (χ4n) is 2.59. The normalized spacial score (nSPS) is 10.6. The first-order chi connectivity index (χ1) is 11.4. The van der Waals surface area contributed by atoms with E-state index in [-0.39, 0.29) is 5.56 Å². The molecule has 24 heavy (non-hydrogen) atoms. The van der Waals surface area contributed by atoms with Crippen molar-refractivity contribution in [3.63, 3.8) is 0 Å². The van der Waals surface area contributed by atoms with Crippen molar-refractivity contribution in [1.29, 1.82) is 0 Å². The van der Waals surface area contributed by atoms with Gasteiger partial charge in [-0.15, -0.1) is 0 Å². The lowest BCUT2D eigenvalue weighted by molar-refractivity contribution is -0.255. The van der Waals surface area contributed by atoms with E-state index in [1.54, 1.807) is 12.1 Å². The molecule has 122 valence electrons. The van der Waals surface area contributed by atoms with Gasteiger partial charge in [0, 0.05) is 42.2 Å². The van der Waals surface area contributed by atoms with E-state index in [9.17, 15) is 9.90 Å². The van der Waals surface area contributed by atoms with Gasteiger partial charge in [-0.1, -0.05) is 6.07 Å². The molecule has 3 aromatic rings. The molecular weight excluding hydrogens is 302 g/mol. The average molecular weight is 320 g/mol. The second-order valence-electron chi connectivity index (χ2n) is 5.90. The highest BCUT2D eigenvalue weighted by molar-refractivity contribution is 5.98. The van der Waals surface area contributed by atoms with Crippen LogP contribution >= 0.6 is 0 Å². The number of nitrogens with zero attached hydrogens (tertiary/aromatic N) is 2. The summed E-state index contributed by atoms with van der Waals surface area (Å²) in [5, 5.41) is 15.2. The molecule has 0 atom stereocenters. The lowest BCUT2D eigenvalue weighted by Crippen LogP contribution is -2.22. The van der Waals surface area contributed by atoms with Gasteiger partial charge in [-0.25, -0.2) is 0 Å². The highest BCUT2D eigenvalue weighted by Crippen LogP contribution is 2.28. The predicted molar refractivity (Wildman–Crippen MR) is 94.9 cm³/mol. The summed E-state index contributed by atoms with van der Waals surface area (Å²) in [7, 11) is 3.98. The Morgan fingerprint density at radius 1 is 1.08 bits per heavy atom. The molecule has 5 heteroatoms. The molecule has 1 heterocycles. The van der Waals surface area contributed by atoms with Crippen LogP contribution in [0.5, 0.6) is 0 Å². The van der Waals surface area contributed by atoms with Crippen molar-refractivity contribution in [1.82, 2.24) is 4.98 Å². The largest absolute Gasteiger partial charge is 0.545 e. The number of carboxylic acids is 1. The molecule has 1 aromatic heterocycles. The topological polar surface area (TPSA) is 68.3 Å². The first kappa shape index (κ1) is 15.8. The summed E-state index contributed by atoms with van der Waals surface area (Å²) >= 11 is 0. The van der Waals surface area contributed by atoms with Gasteiger partial charge in [0.25, 0.3) is 0 Å². The minimum absolute atomic E-state index is 0.138. The molecule has 0 spiro atoms. The molecule has 1 N–H and O–H groups in total. The molecule has 5 nitrogen and oxygen atoms in total. The van der Waals surface area contributed by atoms with Gasteiger partial charge in [0.2, 0.25) is 0 Å². The number of hydrogen-bond donors (Lipinski definition) is 1. The first-order valence-corrected chi connectivity index (χ1v) is 7.61. The van der Waals surface area contributed by atoms with Crippen molar-refractivity contribution >= 4 is 33.9 Å². The van der Waals surface area contributed by atoms with Gasteiger partial charge in [0.15, 0.2) is 0 Å². The van der Waals surface area contributed by atoms with Crippen molar-refractivity contribution in [2.75, 3.05) is 24.3 Å². The van der Waals surface area contributed by atoms with Crippen LogP contribution in [0.2, 0.25) is 0 Å². The fourth-order valence-corrected chi connectivity index (χ4v) is 2.59. The van der Waals surface area contributed by atoms with E-state index < -0.39 is 5.97 Å². The number of aryl methyl sites for hydroxylation is 1. The molecule has 0 amide bonds. The third-order valence-corrected chi connectivity index (χ3v) is 3.84. The minimum Gasteiger partial charge on any atom is -0.545 e. The van der Waals surface area contributed by atoms with E-state index >= 15 is 0 Å². The number of hydrogen-bond acceptors (Lipinski definition) is 5. The second-order valence-corrected chi connectivity index (χ2v) is 5.90. The molecule has 0 bridgehead atoms. The number of benzene rings is 2. The molecule has 0 aliphatic heterocycles. The van der Waals surface area contributed by atoms with E-state index in [1.165, 1.54) is 6.07 Å². The summed E-state index contributed by atoms with van der Waals surface area (Å²) < 4.78 is 0. The Balaban J connectivity index is 2.04. The number of anilines is 3. The van der Waals surface area contributed by atoms with Gasteiger partial charge in [-0.05, 0) is 55.0 Å². The Morgan fingerprint density at radius 2 is 1.79 bits per heavy atom. The lowest BCUT2D eigenvalue weighted by atomic mass is 10.1. The molecule has 0 fully saturated rings. The van der Waals surface area contributed by atoms with Gasteiger partial charge in [0.1, 0.15) is 0 Å². The van der Waals surface area contributed by atoms with Gasteiger partial charge in [-0.2, -0.15) is 0 Å². The summed E-state index contributed by atoms with van der Waals surface area (Å²) in [5.74, 6) is -1.20. The number of fused-ring (bicyclic) bond motifs is 1. The SMILES string of the molecule is Cc1cc(Nc2ccc(N(C)C)cc2)c2cc(C(=O)[O-])ccc2n1. The molecule has 2 aromatic carbocycles. The Morgan fingerprint density at radius 3 is 2.42 bits per heavy atom. The van der Waals surface area contributed by atoms with Crippen molar-refractivity contribution in [2.24, 2.45) is 0 Å².